The van der Waals surface area contributed by atoms with E-state index >= 15 is 0 Å². The van der Waals surface area contributed by atoms with Gasteiger partial charge in [0.2, 0.25) is 10.0 Å². The van der Waals surface area contributed by atoms with Crippen LogP contribution in [0.1, 0.15) is 28.7 Å². The Bertz CT molecular complexity index is 1540. The second-order valence-electron chi connectivity index (χ2n) is 9.53. The van der Waals surface area contributed by atoms with E-state index in [-0.39, 0.29) is 0 Å². The van der Waals surface area contributed by atoms with Crippen LogP contribution < -0.4 is 9.64 Å². The van der Waals surface area contributed by atoms with Crippen LogP contribution in [-0.2, 0) is 10.0 Å². The Balaban J connectivity index is 1.51. The Morgan fingerprint density at radius 1 is 0.892 bits per heavy atom. The first-order valence-electron chi connectivity index (χ1n) is 12.4. The molecule has 0 spiro atoms. The first-order valence-corrected chi connectivity index (χ1v) is 13.8. The lowest BCUT2D eigenvalue weighted by Crippen LogP contribution is -2.36. The van der Waals surface area contributed by atoms with E-state index in [0.717, 1.165) is 44.9 Å². The summed E-state index contributed by atoms with van der Waals surface area (Å²) >= 11 is 0. The van der Waals surface area contributed by atoms with Gasteiger partial charge < -0.3 is 9.64 Å². The van der Waals surface area contributed by atoms with Crippen LogP contribution in [0.5, 0.6) is 5.75 Å². The lowest BCUT2D eigenvalue weighted by molar-refractivity contribution is 0.415. The summed E-state index contributed by atoms with van der Waals surface area (Å²) in [4.78, 5) is 11.4. The summed E-state index contributed by atoms with van der Waals surface area (Å²) in [6, 6.07) is 9.86. The Morgan fingerprint density at radius 2 is 1.59 bits per heavy atom. The molecule has 4 aromatic rings. The van der Waals surface area contributed by atoms with Crippen molar-refractivity contribution in [1.82, 2.24) is 23.9 Å². The van der Waals surface area contributed by atoms with Gasteiger partial charge >= 0.3 is 0 Å². The van der Waals surface area contributed by atoms with Crippen molar-refractivity contribution in [2.45, 2.75) is 39.0 Å². The normalized spacial score (nSPS) is 15.2. The van der Waals surface area contributed by atoms with Gasteiger partial charge in [-0.3, -0.25) is 0 Å². The molecule has 0 bridgehead atoms. The van der Waals surface area contributed by atoms with Gasteiger partial charge in [0.1, 0.15) is 17.9 Å². The molecule has 1 fully saturated rings. The summed E-state index contributed by atoms with van der Waals surface area (Å²) in [5.41, 5.74) is 5.50. The SMILES string of the molecule is COc1ccc(-c2cnc3ncnn3c2N2CCCN(S(=O)(=O)c3c(C)c(C)cc(C)c3C)CC2)cc1. The summed E-state index contributed by atoms with van der Waals surface area (Å²) in [5, 5.41) is 4.45. The van der Waals surface area contributed by atoms with Crippen molar-refractivity contribution in [3.8, 4) is 16.9 Å². The van der Waals surface area contributed by atoms with Crippen LogP contribution in [-0.4, -0.2) is 65.6 Å². The van der Waals surface area contributed by atoms with Gasteiger partial charge in [-0.25, -0.2) is 13.4 Å². The van der Waals surface area contributed by atoms with Crippen molar-refractivity contribution < 1.29 is 13.2 Å². The molecule has 1 aliphatic rings. The Labute approximate surface area is 217 Å². The van der Waals surface area contributed by atoms with Gasteiger partial charge in [-0.2, -0.15) is 18.9 Å². The van der Waals surface area contributed by atoms with E-state index in [0.29, 0.717) is 43.3 Å². The largest absolute Gasteiger partial charge is 0.497 e. The monoisotopic (exact) mass is 520 g/mol. The minimum atomic E-state index is -3.65. The van der Waals surface area contributed by atoms with Crippen molar-refractivity contribution in [3.63, 3.8) is 0 Å². The van der Waals surface area contributed by atoms with Gasteiger partial charge in [-0.05, 0) is 74.1 Å². The number of ether oxygens (including phenoxy) is 1. The van der Waals surface area contributed by atoms with Gasteiger partial charge in [-0.15, -0.1) is 0 Å². The minimum absolute atomic E-state index is 0.370. The first kappa shape index (κ1) is 25.2. The molecule has 0 unspecified atom stereocenters. The quantitative estimate of drug-likeness (QED) is 0.394. The molecule has 5 rings (SSSR count). The molecular formula is C27H32N6O3S. The van der Waals surface area contributed by atoms with Gasteiger partial charge in [0.15, 0.2) is 0 Å². The molecule has 0 saturated carbocycles. The second-order valence-corrected chi connectivity index (χ2v) is 11.4. The highest BCUT2D eigenvalue weighted by Crippen LogP contribution is 2.33. The van der Waals surface area contributed by atoms with Gasteiger partial charge in [0.25, 0.3) is 5.78 Å². The van der Waals surface area contributed by atoms with E-state index in [2.05, 4.69) is 26.0 Å². The van der Waals surface area contributed by atoms with E-state index in [4.69, 9.17) is 4.74 Å². The summed E-state index contributed by atoms with van der Waals surface area (Å²) < 4.78 is 36.5. The van der Waals surface area contributed by atoms with Crippen molar-refractivity contribution in [2.75, 3.05) is 38.2 Å². The topological polar surface area (TPSA) is 92.9 Å². The van der Waals surface area contributed by atoms with E-state index in [1.165, 1.54) is 6.33 Å². The predicted octanol–water partition coefficient (Wildman–Crippen LogP) is 3.93. The third-order valence-electron chi connectivity index (χ3n) is 7.33. The third-order valence-corrected chi connectivity index (χ3v) is 9.50. The molecule has 10 heteroatoms. The average molecular weight is 521 g/mol. The number of aromatic nitrogens is 4. The van der Waals surface area contributed by atoms with E-state index in [1.807, 2.05) is 58.2 Å². The predicted molar refractivity (Wildman–Crippen MR) is 144 cm³/mol. The van der Waals surface area contributed by atoms with Crippen LogP contribution in [0, 0.1) is 27.7 Å². The van der Waals surface area contributed by atoms with Gasteiger partial charge in [0, 0.05) is 37.9 Å². The Hall–Kier alpha value is -3.50. The molecule has 1 aliphatic heterocycles. The summed E-state index contributed by atoms with van der Waals surface area (Å²) in [6.45, 7) is 9.76. The highest BCUT2D eigenvalue weighted by molar-refractivity contribution is 7.89. The zero-order valence-electron chi connectivity index (χ0n) is 21.9. The number of benzene rings is 2. The molecule has 0 N–H and O–H groups in total. The van der Waals surface area contributed by atoms with Crippen molar-refractivity contribution in [3.05, 3.63) is 65.1 Å². The van der Waals surface area contributed by atoms with Crippen LogP contribution >= 0.6 is 0 Å². The maximum Gasteiger partial charge on any atom is 0.254 e. The maximum atomic E-state index is 13.9. The molecule has 0 atom stereocenters. The van der Waals surface area contributed by atoms with Gasteiger partial charge in [-0.1, -0.05) is 18.2 Å². The number of hydrogen-bond donors (Lipinski definition) is 0. The lowest BCUT2D eigenvalue weighted by atomic mass is 10.0. The second kappa shape index (κ2) is 9.75. The summed E-state index contributed by atoms with van der Waals surface area (Å²) in [5.74, 6) is 2.13. The molecule has 2 aromatic heterocycles. The molecule has 0 radical (unpaired) electrons. The molecule has 37 heavy (non-hydrogen) atoms. The third kappa shape index (κ3) is 4.44. The fourth-order valence-corrected chi connectivity index (χ4v) is 7.13. The average Bonchev–Trinajstić information content (AvgIpc) is 3.23. The first-order chi connectivity index (χ1) is 17.7. The molecule has 9 nitrogen and oxygen atoms in total. The standard InChI is InChI=1S/C27H32N6O3S/c1-18-15-19(2)21(4)25(20(18)3)37(34,35)32-12-6-11-31(13-14-32)26-24(16-28-27-29-17-30-33(26)27)22-7-9-23(36-5)10-8-22/h7-10,15-17H,6,11-14H2,1-5H3. The number of methoxy groups -OCH3 is 1. The van der Waals surface area contributed by atoms with Crippen LogP contribution in [0.3, 0.4) is 0 Å². The van der Waals surface area contributed by atoms with E-state index in [1.54, 1.807) is 15.9 Å². The zero-order chi connectivity index (χ0) is 26.3. The summed E-state index contributed by atoms with van der Waals surface area (Å²) in [7, 11) is -2.01. The molecule has 0 aliphatic carbocycles. The number of anilines is 1. The molecule has 194 valence electrons. The number of sulfonamides is 1. The van der Waals surface area contributed by atoms with Crippen molar-refractivity contribution in [1.29, 1.82) is 0 Å². The van der Waals surface area contributed by atoms with Crippen LogP contribution in [0.2, 0.25) is 0 Å². The smallest absolute Gasteiger partial charge is 0.254 e. The fraction of sp³-hybridized carbons (Fsp3) is 0.370. The molecule has 1 saturated heterocycles. The van der Waals surface area contributed by atoms with E-state index in [9.17, 15) is 8.42 Å². The number of fused-ring (bicyclic) bond motifs is 1. The molecule has 2 aromatic carbocycles. The number of nitrogens with zero attached hydrogens (tertiary/aromatic N) is 6. The van der Waals surface area contributed by atoms with Crippen molar-refractivity contribution >= 4 is 21.6 Å². The number of rotatable bonds is 5. The Morgan fingerprint density at radius 3 is 2.27 bits per heavy atom. The van der Waals surface area contributed by atoms with Gasteiger partial charge in [0.05, 0.1) is 12.0 Å². The van der Waals surface area contributed by atoms with Crippen LogP contribution in [0.25, 0.3) is 16.9 Å². The number of aryl methyl sites for hydroxylation is 2. The van der Waals surface area contributed by atoms with Crippen LogP contribution in [0.4, 0.5) is 5.82 Å². The maximum absolute atomic E-state index is 13.9. The lowest BCUT2D eigenvalue weighted by Gasteiger charge is -2.26. The minimum Gasteiger partial charge on any atom is -0.497 e. The fourth-order valence-electron chi connectivity index (χ4n) is 5.09. The molecule has 0 amide bonds. The van der Waals surface area contributed by atoms with Crippen LogP contribution in [0.15, 0.2) is 47.8 Å². The Kier molecular flexibility index (Phi) is 6.63. The molecule has 3 heterocycles. The highest BCUT2D eigenvalue weighted by atomic mass is 32.2. The zero-order valence-corrected chi connectivity index (χ0v) is 22.7. The highest BCUT2D eigenvalue weighted by Gasteiger charge is 2.31. The molecular weight excluding hydrogens is 488 g/mol. The summed E-state index contributed by atoms with van der Waals surface area (Å²) in [6.07, 6.45) is 3.98. The van der Waals surface area contributed by atoms with Crippen molar-refractivity contribution in [2.24, 2.45) is 0 Å². The van der Waals surface area contributed by atoms with E-state index < -0.39 is 10.0 Å². The number of hydrogen-bond acceptors (Lipinski definition) is 7.